The molecule has 1 aliphatic heterocycles. The van der Waals surface area contributed by atoms with Crippen molar-refractivity contribution in [2.45, 2.75) is 19.5 Å². The number of aromatic nitrogens is 2. The molecule has 3 heterocycles. The van der Waals surface area contributed by atoms with Gasteiger partial charge in [-0.25, -0.2) is 9.37 Å². The minimum Gasteiger partial charge on any atom is -0.496 e. The lowest BCUT2D eigenvalue weighted by Gasteiger charge is -2.28. The molecule has 1 aromatic carbocycles. The molecule has 7 heteroatoms. The highest BCUT2D eigenvalue weighted by Crippen LogP contribution is 2.25. The van der Waals surface area contributed by atoms with Crippen LogP contribution in [-0.4, -0.2) is 28.5 Å². The zero-order chi connectivity index (χ0) is 18.1. The van der Waals surface area contributed by atoms with Crippen molar-refractivity contribution in [3.05, 3.63) is 69.6 Å². The van der Waals surface area contributed by atoms with Crippen LogP contribution in [0, 0.1) is 5.82 Å². The molecule has 134 valence electrons. The first-order valence-electron chi connectivity index (χ1n) is 8.35. The highest BCUT2D eigenvalue weighted by atomic mass is 19.1. The van der Waals surface area contributed by atoms with Gasteiger partial charge in [0, 0.05) is 31.6 Å². The number of nitrogens with zero attached hydrogens (tertiary/aromatic N) is 2. The monoisotopic (exact) mass is 355 g/mol. The maximum Gasteiger partial charge on any atom is 0.256 e. The van der Waals surface area contributed by atoms with Crippen LogP contribution in [0.1, 0.15) is 16.8 Å². The minimum atomic E-state index is -0.310. The minimum absolute atomic E-state index is 0.188. The van der Waals surface area contributed by atoms with Crippen LogP contribution in [-0.2, 0) is 19.5 Å². The molecule has 0 bridgehead atoms. The van der Waals surface area contributed by atoms with Crippen LogP contribution >= 0.6 is 0 Å². The number of hydrogen-bond donors (Lipinski definition) is 1. The van der Waals surface area contributed by atoms with Crippen LogP contribution < -0.4 is 10.3 Å². The number of rotatable bonds is 4. The first-order chi connectivity index (χ1) is 12.7. The summed E-state index contributed by atoms with van der Waals surface area (Å²) in [6.45, 7) is 1.46. The summed E-state index contributed by atoms with van der Waals surface area (Å²) in [5, 5.41) is 0. The second-order valence-electron chi connectivity index (χ2n) is 6.20. The zero-order valence-electron chi connectivity index (χ0n) is 14.3. The van der Waals surface area contributed by atoms with Gasteiger partial charge in [0.15, 0.2) is 11.6 Å². The van der Waals surface area contributed by atoms with E-state index in [9.17, 15) is 9.18 Å². The Morgan fingerprint density at radius 2 is 2.23 bits per heavy atom. The highest BCUT2D eigenvalue weighted by Gasteiger charge is 2.23. The van der Waals surface area contributed by atoms with E-state index in [1.807, 2.05) is 4.90 Å². The number of nitrogens with one attached hydrogen (secondary N) is 1. The maximum absolute atomic E-state index is 14.2. The van der Waals surface area contributed by atoms with Crippen molar-refractivity contribution in [1.82, 2.24) is 14.9 Å². The van der Waals surface area contributed by atoms with Gasteiger partial charge in [0.1, 0.15) is 11.6 Å². The smallest absolute Gasteiger partial charge is 0.256 e. The Kier molecular flexibility index (Phi) is 4.30. The molecule has 1 aliphatic rings. The summed E-state index contributed by atoms with van der Waals surface area (Å²) in [4.78, 5) is 21.8. The van der Waals surface area contributed by atoms with Gasteiger partial charge in [-0.15, -0.1) is 0 Å². The summed E-state index contributed by atoms with van der Waals surface area (Å²) in [6, 6.07) is 8.27. The van der Waals surface area contributed by atoms with E-state index in [1.165, 1.54) is 19.4 Å². The number of halogens is 1. The van der Waals surface area contributed by atoms with E-state index < -0.39 is 0 Å². The van der Waals surface area contributed by atoms with Gasteiger partial charge in [-0.3, -0.25) is 9.69 Å². The average molecular weight is 355 g/mol. The van der Waals surface area contributed by atoms with Crippen LogP contribution in [0.25, 0.3) is 11.6 Å². The Balaban J connectivity index is 1.60. The first kappa shape index (κ1) is 16.5. The molecule has 0 aliphatic carbocycles. The summed E-state index contributed by atoms with van der Waals surface area (Å²) in [7, 11) is 1.52. The fourth-order valence-corrected chi connectivity index (χ4v) is 3.25. The number of fused-ring (bicyclic) bond motifs is 1. The maximum atomic E-state index is 14.2. The lowest BCUT2D eigenvalue weighted by Crippen LogP contribution is -2.35. The van der Waals surface area contributed by atoms with Crippen molar-refractivity contribution >= 4 is 0 Å². The van der Waals surface area contributed by atoms with E-state index in [4.69, 9.17) is 9.15 Å². The predicted molar refractivity (Wildman–Crippen MR) is 93.3 cm³/mol. The van der Waals surface area contributed by atoms with E-state index in [0.29, 0.717) is 54.5 Å². The van der Waals surface area contributed by atoms with Crippen molar-refractivity contribution in [3.8, 4) is 17.3 Å². The molecule has 0 saturated heterocycles. The molecule has 0 amide bonds. The number of methoxy groups -OCH3 is 1. The van der Waals surface area contributed by atoms with Crippen LogP contribution in [0.15, 0.2) is 45.8 Å². The van der Waals surface area contributed by atoms with Gasteiger partial charge >= 0.3 is 0 Å². The van der Waals surface area contributed by atoms with Crippen LogP contribution in [0.4, 0.5) is 4.39 Å². The predicted octanol–water partition coefficient (Wildman–Crippen LogP) is 2.74. The zero-order valence-corrected chi connectivity index (χ0v) is 14.3. The van der Waals surface area contributed by atoms with E-state index in [-0.39, 0.29) is 11.4 Å². The second-order valence-corrected chi connectivity index (χ2v) is 6.20. The third-order valence-electron chi connectivity index (χ3n) is 4.58. The molecule has 0 radical (unpaired) electrons. The van der Waals surface area contributed by atoms with Gasteiger partial charge in [0.2, 0.25) is 0 Å². The fourth-order valence-electron chi connectivity index (χ4n) is 3.25. The number of H-pyrrole nitrogens is 1. The van der Waals surface area contributed by atoms with Gasteiger partial charge in [-0.2, -0.15) is 0 Å². The van der Waals surface area contributed by atoms with E-state index in [1.54, 1.807) is 24.3 Å². The largest absolute Gasteiger partial charge is 0.496 e. The summed E-state index contributed by atoms with van der Waals surface area (Å²) < 4.78 is 24.7. The van der Waals surface area contributed by atoms with E-state index >= 15 is 0 Å². The molecular formula is C19H18FN3O3. The summed E-state index contributed by atoms with van der Waals surface area (Å²) in [5.41, 5.74) is 1.68. The summed E-state index contributed by atoms with van der Waals surface area (Å²) in [6.07, 6.45) is 2.15. The van der Waals surface area contributed by atoms with Crippen molar-refractivity contribution in [3.63, 3.8) is 0 Å². The molecule has 26 heavy (non-hydrogen) atoms. The number of benzene rings is 1. The molecule has 1 N–H and O–H groups in total. The highest BCUT2D eigenvalue weighted by molar-refractivity contribution is 5.47. The molecule has 6 nitrogen and oxygen atoms in total. The Bertz CT molecular complexity index is 982. The van der Waals surface area contributed by atoms with Crippen LogP contribution in [0.3, 0.4) is 0 Å². The Hall–Kier alpha value is -2.93. The molecule has 0 atom stereocenters. The van der Waals surface area contributed by atoms with Crippen molar-refractivity contribution in [1.29, 1.82) is 0 Å². The fraction of sp³-hybridized carbons (Fsp3) is 0.263. The number of hydrogen-bond acceptors (Lipinski definition) is 5. The lowest BCUT2D eigenvalue weighted by molar-refractivity contribution is 0.234. The lowest BCUT2D eigenvalue weighted by atomic mass is 10.1. The quantitative estimate of drug-likeness (QED) is 0.779. The number of aromatic amines is 1. The third kappa shape index (κ3) is 3.01. The normalized spacial score (nSPS) is 14.2. The molecule has 4 rings (SSSR count). The van der Waals surface area contributed by atoms with Crippen LogP contribution in [0.2, 0.25) is 0 Å². The molecule has 0 fully saturated rings. The molecule has 0 unspecified atom stereocenters. The van der Waals surface area contributed by atoms with Gasteiger partial charge < -0.3 is 14.1 Å². The Morgan fingerprint density at radius 3 is 3.00 bits per heavy atom. The number of furan rings is 1. The summed E-state index contributed by atoms with van der Waals surface area (Å²) in [5.74, 6) is 1.16. The van der Waals surface area contributed by atoms with Gasteiger partial charge in [0.25, 0.3) is 5.56 Å². The second kappa shape index (κ2) is 6.76. The topological polar surface area (TPSA) is 71.4 Å². The Labute approximate surface area is 149 Å². The summed E-state index contributed by atoms with van der Waals surface area (Å²) >= 11 is 0. The van der Waals surface area contributed by atoms with Gasteiger partial charge in [0.05, 0.1) is 24.6 Å². The van der Waals surface area contributed by atoms with Gasteiger partial charge in [-0.1, -0.05) is 6.07 Å². The van der Waals surface area contributed by atoms with Crippen molar-refractivity contribution < 1.29 is 13.5 Å². The molecule has 2 aromatic heterocycles. The standard InChI is InChI=1S/C19H18FN3O3/c1-25-16-5-2-4-14(20)12(16)10-23-8-7-15-13(11-23)19(24)22-18(21-15)17-6-3-9-26-17/h2-6,9H,7-8,10-11H2,1H3,(H,21,22,24). The molecule has 0 spiro atoms. The average Bonchev–Trinajstić information content (AvgIpc) is 3.18. The van der Waals surface area contributed by atoms with Gasteiger partial charge in [-0.05, 0) is 24.3 Å². The van der Waals surface area contributed by atoms with Crippen LogP contribution in [0.5, 0.6) is 5.75 Å². The van der Waals surface area contributed by atoms with Crippen molar-refractivity contribution in [2.24, 2.45) is 0 Å². The van der Waals surface area contributed by atoms with Crippen molar-refractivity contribution in [2.75, 3.05) is 13.7 Å². The third-order valence-corrected chi connectivity index (χ3v) is 4.58. The SMILES string of the molecule is COc1cccc(F)c1CN1CCc2nc(-c3ccco3)[nH]c(=O)c2C1. The first-order valence-corrected chi connectivity index (χ1v) is 8.35. The number of ether oxygens (including phenoxy) is 1. The molecular weight excluding hydrogens is 337 g/mol. The van der Waals surface area contributed by atoms with E-state index in [0.717, 1.165) is 5.69 Å². The molecule has 3 aromatic rings. The molecule has 0 saturated carbocycles. The van der Waals surface area contributed by atoms with E-state index in [2.05, 4.69) is 9.97 Å². The Morgan fingerprint density at radius 1 is 1.35 bits per heavy atom.